The summed E-state index contributed by atoms with van der Waals surface area (Å²) >= 11 is 1.40. The molecule has 0 N–H and O–H groups in total. The van der Waals surface area contributed by atoms with Gasteiger partial charge in [-0.3, -0.25) is 0 Å². The second-order valence-corrected chi connectivity index (χ2v) is 5.57. The van der Waals surface area contributed by atoms with E-state index in [-0.39, 0.29) is 5.82 Å². The lowest BCUT2D eigenvalue weighted by Gasteiger charge is -2.00. The minimum atomic E-state index is -0.262. The van der Waals surface area contributed by atoms with E-state index >= 15 is 0 Å². The first kappa shape index (κ1) is 13.5. The molecule has 4 heteroatoms. The van der Waals surface area contributed by atoms with Gasteiger partial charge in [0.1, 0.15) is 10.8 Å². The average molecular weight is 294 g/mol. The van der Waals surface area contributed by atoms with Crippen LogP contribution in [0.3, 0.4) is 0 Å². The van der Waals surface area contributed by atoms with Crippen molar-refractivity contribution in [1.29, 1.82) is 5.26 Å². The molecule has 21 heavy (non-hydrogen) atoms. The molecule has 0 unspecified atom stereocenters. The third-order valence-electron chi connectivity index (χ3n) is 3.15. The third-order valence-corrected chi connectivity index (χ3v) is 4.02. The molecule has 2 nitrogen and oxygen atoms in total. The fraction of sp³-hybridized carbons (Fsp3) is 0.0588. The van der Waals surface area contributed by atoms with Gasteiger partial charge in [0.05, 0.1) is 17.3 Å². The van der Waals surface area contributed by atoms with Crippen LogP contribution in [0.2, 0.25) is 0 Å². The predicted molar refractivity (Wildman–Crippen MR) is 82.4 cm³/mol. The topological polar surface area (TPSA) is 36.7 Å². The molecule has 1 heterocycles. The van der Waals surface area contributed by atoms with Gasteiger partial charge in [-0.25, -0.2) is 9.37 Å². The summed E-state index contributed by atoms with van der Waals surface area (Å²) in [6, 6.07) is 14.5. The van der Waals surface area contributed by atoms with Crippen LogP contribution < -0.4 is 0 Å². The van der Waals surface area contributed by atoms with Gasteiger partial charge in [-0.2, -0.15) is 5.26 Å². The molecule has 0 fully saturated rings. The summed E-state index contributed by atoms with van der Waals surface area (Å²) < 4.78 is 14.0. The normalized spacial score (nSPS) is 10.3. The van der Waals surface area contributed by atoms with Crippen LogP contribution in [0.25, 0.3) is 21.8 Å². The van der Waals surface area contributed by atoms with E-state index in [2.05, 4.69) is 11.1 Å². The van der Waals surface area contributed by atoms with Crippen LogP contribution in [0.1, 0.15) is 11.1 Å². The Morgan fingerprint density at radius 2 is 2.05 bits per heavy atom. The van der Waals surface area contributed by atoms with Crippen LogP contribution in [-0.2, 0) is 0 Å². The van der Waals surface area contributed by atoms with E-state index in [0.29, 0.717) is 16.1 Å². The zero-order valence-electron chi connectivity index (χ0n) is 11.3. The molecule has 3 aromatic rings. The molecule has 0 atom stereocenters. The van der Waals surface area contributed by atoms with E-state index in [9.17, 15) is 4.39 Å². The van der Waals surface area contributed by atoms with Crippen LogP contribution >= 0.6 is 11.3 Å². The van der Waals surface area contributed by atoms with Crippen LogP contribution in [0, 0.1) is 24.1 Å². The highest BCUT2D eigenvalue weighted by atomic mass is 32.1. The maximum Gasteiger partial charge on any atom is 0.133 e. The summed E-state index contributed by atoms with van der Waals surface area (Å²) in [4.78, 5) is 4.49. The van der Waals surface area contributed by atoms with E-state index in [0.717, 1.165) is 16.8 Å². The number of nitrogens with zero attached hydrogens (tertiary/aromatic N) is 2. The zero-order chi connectivity index (χ0) is 14.8. The van der Waals surface area contributed by atoms with E-state index in [1.165, 1.54) is 17.4 Å². The minimum Gasteiger partial charge on any atom is -0.236 e. The van der Waals surface area contributed by atoms with Gasteiger partial charge in [-0.05, 0) is 36.8 Å². The Hall–Kier alpha value is -2.51. The highest BCUT2D eigenvalue weighted by Crippen LogP contribution is 2.31. The summed E-state index contributed by atoms with van der Waals surface area (Å²) in [7, 11) is 0. The highest BCUT2D eigenvalue weighted by molar-refractivity contribution is 7.13. The predicted octanol–water partition coefficient (Wildman–Crippen LogP) is 4.80. The molecular formula is C17H11FN2S. The highest BCUT2D eigenvalue weighted by Gasteiger charge is 2.11. The molecule has 0 bridgehead atoms. The van der Waals surface area contributed by atoms with Crippen molar-refractivity contribution in [3.8, 4) is 27.9 Å². The Balaban J connectivity index is 2.02. The van der Waals surface area contributed by atoms with Crippen LogP contribution in [0.15, 0.2) is 47.8 Å². The first-order valence-electron chi connectivity index (χ1n) is 6.40. The molecule has 0 aliphatic rings. The zero-order valence-corrected chi connectivity index (χ0v) is 12.1. The molecule has 2 aromatic carbocycles. The summed E-state index contributed by atoms with van der Waals surface area (Å²) in [5.41, 5.74) is 3.60. The fourth-order valence-corrected chi connectivity index (χ4v) is 2.93. The Morgan fingerprint density at radius 3 is 2.81 bits per heavy atom. The molecule has 0 amide bonds. The largest absolute Gasteiger partial charge is 0.236 e. The molecule has 0 radical (unpaired) electrons. The van der Waals surface area contributed by atoms with Crippen molar-refractivity contribution in [3.05, 3.63) is 64.8 Å². The molecule has 0 aliphatic carbocycles. The standard InChI is InChI=1S/C17H11FN2S/c1-11-5-6-14(15(18)7-11)17-20-16(10-21-17)13-4-2-3-12(8-13)9-19/h2-8,10H,1H3. The summed E-state index contributed by atoms with van der Waals surface area (Å²) in [6.45, 7) is 1.85. The number of halogens is 1. The Morgan fingerprint density at radius 1 is 1.19 bits per heavy atom. The van der Waals surface area contributed by atoms with Gasteiger partial charge in [0.15, 0.2) is 0 Å². The number of benzene rings is 2. The average Bonchev–Trinajstić information content (AvgIpc) is 2.97. The smallest absolute Gasteiger partial charge is 0.133 e. The van der Waals surface area contributed by atoms with E-state index in [4.69, 9.17) is 5.26 Å². The van der Waals surface area contributed by atoms with Gasteiger partial charge in [0, 0.05) is 16.5 Å². The summed E-state index contributed by atoms with van der Waals surface area (Å²) in [5, 5.41) is 11.5. The van der Waals surface area contributed by atoms with Crippen LogP contribution in [0.4, 0.5) is 4.39 Å². The van der Waals surface area contributed by atoms with E-state index in [1.54, 1.807) is 18.2 Å². The summed E-state index contributed by atoms with van der Waals surface area (Å²) in [5.74, 6) is -0.262. The lowest BCUT2D eigenvalue weighted by Crippen LogP contribution is -1.86. The van der Waals surface area contributed by atoms with Gasteiger partial charge < -0.3 is 0 Å². The number of hydrogen-bond acceptors (Lipinski definition) is 3. The monoisotopic (exact) mass is 294 g/mol. The molecule has 0 aliphatic heterocycles. The molecule has 1 aromatic heterocycles. The Kier molecular flexibility index (Phi) is 3.51. The number of hydrogen-bond donors (Lipinski definition) is 0. The van der Waals surface area contributed by atoms with Gasteiger partial charge in [0.2, 0.25) is 0 Å². The van der Waals surface area contributed by atoms with Crippen LogP contribution in [-0.4, -0.2) is 4.98 Å². The van der Waals surface area contributed by atoms with Crippen molar-refractivity contribution in [2.75, 3.05) is 0 Å². The number of aromatic nitrogens is 1. The SMILES string of the molecule is Cc1ccc(-c2nc(-c3cccc(C#N)c3)cs2)c(F)c1. The fourth-order valence-electron chi connectivity index (χ4n) is 2.07. The lowest BCUT2D eigenvalue weighted by molar-refractivity contribution is 0.630. The van der Waals surface area contributed by atoms with Crippen molar-refractivity contribution in [2.24, 2.45) is 0 Å². The molecule has 0 spiro atoms. The van der Waals surface area contributed by atoms with Gasteiger partial charge in [0.25, 0.3) is 0 Å². The minimum absolute atomic E-state index is 0.262. The number of aryl methyl sites for hydroxylation is 1. The summed E-state index contributed by atoms with van der Waals surface area (Å²) in [6.07, 6.45) is 0. The first-order chi connectivity index (χ1) is 10.2. The second-order valence-electron chi connectivity index (χ2n) is 4.71. The lowest BCUT2D eigenvalue weighted by atomic mass is 10.1. The van der Waals surface area contributed by atoms with E-state index in [1.807, 2.05) is 30.5 Å². The van der Waals surface area contributed by atoms with E-state index < -0.39 is 0 Å². The first-order valence-corrected chi connectivity index (χ1v) is 7.28. The van der Waals surface area contributed by atoms with Crippen molar-refractivity contribution < 1.29 is 4.39 Å². The molecule has 0 saturated carbocycles. The number of thiazole rings is 1. The van der Waals surface area contributed by atoms with Crippen molar-refractivity contribution in [1.82, 2.24) is 4.98 Å². The van der Waals surface area contributed by atoms with Crippen molar-refractivity contribution in [2.45, 2.75) is 6.92 Å². The van der Waals surface area contributed by atoms with Crippen molar-refractivity contribution >= 4 is 11.3 Å². The number of nitriles is 1. The van der Waals surface area contributed by atoms with Crippen LogP contribution in [0.5, 0.6) is 0 Å². The maximum absolute atomic E-state index is 14.0. The molecular weight excluding hydrogens is 283 g/mol. The maximum atomic E-state index is 14.0. The Labute approximate surface area is 126 Å². The van der Waals surface area contributed by atoms with Gasteiger partial charge >= 0.3 is 0 Å². The molecule has 3 rings (SSSR count). The van der Waals surface area contributed by atoms with Gasteiger partial charge in [-0.1, -0.05) is 18.2 Å². The molecule has 102 valence electrons. The molecule has 0 saturated heterocycles. The quantitative estimate of drug-likeness (QED) is 0.681. The third kappa shape index (κ3) is 2.69. The van der Waals surface area contributed by atoms with Crippen molar-refractivity contribution in [3.63, 3.8) is 0 Å². The van der Waals surface area contributed by atoms with Gasteiger partial charge in [-0.15, -0.1) is 11.3 Å². The number of rotatable bonds is 2. The second kappa shape index (κ2) is 5.47. The Bertz CT molecular complexity index is 846.